The number of amides is 1. The van der Waals surface area contributed by atoms with Crippen molar-refractivity contribution in [2.75, 3.05) is 18.0 Å². The summed E-state index contributed by atoms with van der Waals surface area (Å²) < 4.78 is 0. The molecule has 0 aromatic carbocycles. The molecule has 2 rings (SSSR count). The molecule has 0 spiro atoms. The number of piperazine rings is 1. The highest BCUT2D eigenvalue weighted by Crippen LogP contribution is 2.30. The van der Waals surface area contributed by atoms with Crippen LogP contribution in [0.5, 0.6) is 0 Å². The Balaban J connectivity index is 2.48. The number of hydrogen-bond acceptors (Lipinski definition) is 4. The van der Waals surface area contributed by atoms with Gasteiger partial charge in [-0.3, -0.25) is 4.79 Å². The average Bonchev–Trinajstić information content (AvgIpc) is 2.32. The number of nitrogens with one attached hydrogen (secondary N) is 1. The molecule has 1 N–H and O–H groups in total. The molecule has 0 radical (unpaired) electrons. The molecule has 1 aromatic heterocycles. The third kappa shape index (κ3) is 2.03. The average molecular weight is 269 g/mol. The number of carbonyl (C=O) groups excluding carboxylic acids is 1. The number of anilines is 1. The second kappa shape index (κ2) is 4.72. The van der Waals surface area contributed by atoms with Crippen molar-refractivity contribution in [3.05, 3.63) is 17.0 Å². The van der Waals surface area contributed by atoms with E-state index in [9.17, 15) is 4.79 Å². The maximum atomic E-state index is 12.0. The Morgan fingerprint density at radius 1 is 1.50 bits per heavy atom. The van der Waals surface area contributed by atoms with Crippen LogP contribution in [0.3, 0.4) is 0 Å². The molecular weight excluding hydrogens is 252 g/mol. The van der Waals surface area contributed by atoms with Gasteiger partial charge in [-0.2, -0.15) is 0 Å². The topological polar surface area (TPSA) is 58.1 Å². The van der Waals surface area contributed by atoms with Crippen LogP contribution >= 0.6 is 11.6 Å². The minimum Gasteiger partial charge on any atom is -0.352 e. The monoisotopic (exact) mass is 268 g/mol. The highest BCUT2D eigenvalue weighted by atomic mass is 35.5. The van der Waals surface area contributed by atoms with Gasteiger partial charge >= 0.3 is 0 Å². The first kappa shape index (κ1) is 13.1. The summed E-state index contributed by atoms with van der Waals surface area (Å²) in [6.45, 7) is 7.12. The van der Waals surface area contributed by atoms with E-state index in [1.54, 1.807) is 0 Å². The number of nitrogens with zero attached hydrogens (tertiary/aromatic N) is 3. The van der Waals surface area contributed by atoms with Crippen LogP contribution in [0.1, 0.15) is 26.3 Å². The lowest BCUT2D eigenvalue weighted by molar-refractivity contribution is -0.126. The largest absolute Gasteiger partial charge is 0.352 e. The van der Waals surface area contributed by atoms with Gasteiger partial charge in [0.15, 0.2) is 0 Å². The molecule has 2 heterocycles. The van der Waals surface area contributed by atoms with Gasteiger partial charge in [-0.15, -0.1) is 0 Å². The lowest BCUT2D eigenvalue weighted by atomic mass is 9.98. The summed E-state index contributed by atoms with van der Waals surface area (Å²) in [5.41, 5.74) is 0.266. The predicted octanol–water partition coefficient (Wildman–Crippen LogP) is 1.41. The van der Waals surface area contributed by atoms with Crippen molar-refractivity contribution in [3.8, 4) is 0 Å². The third-order valence-corrected chi connectivity index (χ3v) is 3.66. The zero-order valence-corrected chi connectivity index (χ0v) is 11.6. The van der Waals surface area contributed by atoms with Gasteiger partial charge in [-0.05, 0) is 20.3 Å². The lowest BCUT2D eigenvalue weighted by Crippen LogP contribution is -2.62. The van der Waals surface area contributed by atoms with Crippen LogP contribution in [0.2, 0.25) is 5.15 Å². The molecule has 0 bridgehead atoms. The maximum Gasteiger partial charge on any atom is 0.245 e. The van der Waals surface area contributed by atoms with Gasteiger partial charge < -0.3 is 10.2 Å². The van der Waals surface area contributed by atoms with E-state index in [-0.39, 0.29) is 5.91 Å². The quantitative estimate of drug-likeness (QED) is 0.824. The second-order valence-electron chi connectivity index (χ2n) is 4.79. The van der Waals surface area contributed by atoms with Gasteiger partial charge in [0.05, 0.1) is 0 Å². The van der Waals surface area contributed by atoms with Crippen LogP contribution < -0.4 is 10.2 Å². The van der Waals surface area contributed by atoms with Crippen molar-refractivity contribution >= 4 is 23.3 Å². The SMILES string of the molecule is CCc1c(Cl)ncnc1N1CCNC(=O)C1(C)C. The first-order valence-electron chi connectivity index (χ1n) is 6.03. The predicted molar refractivity (Wildman–Crippen MR) is 70.9 cm³/mol. The van der Waals surface area contributed by atoms with Crippen molar-refractivity contribution in [1.82, 2.24) is 15.3 Å². The standard InChI is InChI=1S/C12H17ClN4O/c1-4-8-9(13)15-7-16-10(8)17-6-5-14-11(18)12(17,2)3/h7H,4-6H2,1-3H3,(H,14,18). The van der Waals surface area contributed by atoms with Crippen molar-refractivity contribution in [2.45, 2.75) is 32.7 Å². The number of rotatable bonds is 2. The second-order valence-corrected chi connectivity index (χ2v) is 5.14. The van der Waals surface area contributed by atoms with Gasteiger partial charge in [-0.25, -0.2) is 9.97 Å². The molecule has 5 nitrogen and oxygen atoms in total. The minimum atomic E-state index is -0.625. The third-order valence-electron chi connectivity index (χ3n) is 3.33. The Hall–Kier alpha value is -1.36. The number of hydrogen-bond donors (Lipinski definition) is 1. The Morgan fingerprint density at radius 2 is 2.22 bits per heavy atom. The Kier molecular flexibility index (Phi) is 3.43. The van der Waals surface area contributed by atoms with Gasteiger partial charge in [0.25, 0.3) is 0 Å². The fourth-order valence-electron chi connectivity index (χ4n) is 2.19. The summed E-state index contributed by atoms with van der Waals surface area (Å²) in [5, 5.41) is 3.33. The molecular formula is C12H17ClN4O. The Bertz CT molecular complexity index is 475. The van der Waals surface area contributed by atoms with Crippen LogP contribution in [0, 0.1) is 0 Å². The molecule has 0 saturated carbocycles. The highest BCUT2D eigenvalue weighted by molar-refractivity contribution is 6.30. The summed E-state index contributed by atoms with van der Waals surface area (Å²) in [6.07, 6.45) is 2.18. The molecule has 1 aromatic rings. The first-order valence-corrected chi connectivity index (χ1v) is 6.41. The van der Waals surface area contributed by atoms with Crippen LogP contribution in [0.15, 0.2) is 6.33 Å². The van der Waals surface area contributed by atoms with Crippen molar-refractivity contribution in [3.63, 3.8) is 0 Å². The van der Waals surface area contributed by atoms with E-state index in [4.69, 9.17) is 11.6 Å². The molecule has 0 atom stereocenters. The Labute approximate surface area is 112 Å². The van der Waals surface area contributed by atoms with Gasteiger partial charge in [-0.1, -0.05) is 18.5 Å². The summed E-state index contributed by atoms with van der Waals surface area (Å²) in [4.78, 5) is 22.3. The van der Waals surface area contributed by atoms with E-state index in [0.717, 1.165) is 24.3 Å². The fraction of sp³-hybridized carbons (Fsp3) is 0.583. The normalized spacial score (nSPS) is 18.7. The molecule has 1 amide bonds. The Morgan fingerprint density at radius 3 is 2.89 bits per heavy atom. The van der Waals surface area contributed by atoms with E-state index in [1.807, 2.05) is 25.7 Å². The smallest absolute Gasteiger partial charge is 0.245 e. The molecule has 98 valence electrons. The highest BCUT2D eigenvalue weighted by Gasteiger charge is 2.39. The minimum absolute atomic E-state index is 0.00513. The van der Waals surface area contributed by atoms with E-state index in [0.29, 0.717) is 11.7 Å². The van der Waals surface area contributed by atoms with Crippen molar-refractivity contribution in [2.24, 2.45) is 0 Å². The summed E-state index contributed by atoms with van der Waals surface area (Å²) in [5.74, 6) is 0.767. The van der Waals surface area contributed by atoms with Crippen LogP contribution in [0.4, 0.5) is 5.82 Å². The number of carbonyl (C=O) groups is 1. The molecule has 0 unspecified atom stereocenters. The maximum absolute atomic E-state index is 12.0. The first-order chi connectivity index (χ1) is 8.48. The summed E-state index contributed by atoms with van der Waals surface area (Å²) in [7, 11) is 0. The van der Waals surface area contributed by atoms with E-state index < -0.39 is 5.54 Å². The van der Waals surface area contributed by atoms with Crippen LogP contribution in [0.25, 0.3) is 0 Å². The molecule has 1 aliphatic rings. The molecule has 6 heteroatoms. The van der Waals surface area contributed by atoms with E-state index >= 15 is 0 Å². The zero-order valence-electron chi connectivity index (χ0n) is 10.8. The van der Waals surface area contributed by atoms with Gasteiger partial charge in [0, 0.05) is 18.7 Å². The molecule has 0 aliphatic carbocycles. The van der Waals surface area contributed by atoms with Crippen molar-refractivity contribution < 1.29 is 4.79 Å². The molecule has 1 fully saturated rings. The van der Waals surface area contributed by atoms with E-state index in [1.165, 1.54) is 6.33 Å². The fourth-order valence-corrected chi connectivity index (χ4v) is 2.45. The molecule has 1 saturated heterocycles. The van der Waals surface area contributed by atoms with Gasteiger partial charge in [0.2, 0.25) is 5.91 Å². The van der Waals surface area contributed by atoms with Crippen LogP contribution in [-0.2, 0) is 11.2 Å². The van der Waals surface area contributed by atoms with Crippen LogP contribution in [-0.4, -0.2) is 34.5 Å². The van der Waals surface area contributed by atoms with Gasteiger partial charge in [0.1, 0.15) is 22.8 Å². The van der Waals surface area contributed by atoms with E-state index in [2.05, 4.69) is 15.3 Å². The lowest BCUT2D eigenvalue weighted by Gasteiger charge is -2.42. The zero-order chi connectivity index (χ0) is 13.3. The number of aromatic nitrogens is 2. The number of halogens is 1. The molecule has 1 aliphatic heterocycles. The summed E-state index contributed by atoms with van der Waals surface area (Å²) in [6, 6.07) is 0. The van der Waals surface area contributed by atoms with Crippen molar-refractivity contribution in [1.29, 1.82) is 0 Å². The molecule has 18 heavy (non-hydrogen) atoms. The summed E-state index contributed by atoms with van der Waals surface area (Å²) >= 11 is 6.10.